The predicted octanol–water partition coefficient (Wildman–Crippen LogP) is 4.36. The molecule has 5 rings (SSSR count). The minimum absolute atomic E-state index is 0.198. The highest BCUT2D eigenvalue weighted by Crippen LogP contribution is 2.37. The molecule has 200 valence electrons. The lowest BCUT2D eigenvalue weighted by molar-refractivity contribution is 0.400. The van der Waals surface area contributed by atoms with E-state index in [0.29, 0.717) is 23.4 Å². The van der Waals surface area contributed by atoms with Gasteiger partial charge >= 0.3 is 0 Å². The van der Waals surface area contributed by atoms with Gasteiger partial charge in [-0.25, -0.2) is 22.6 Å². The number of ether oxygens (including phenoxy) is 1. The maximum Gasteiger partial charge on any atom is 0.240 e. The second-order valence-electron chi connectivity index (χ2n) is 9.34. The average Bonchev–Trinajstić information content (AvgIpc) is 3.36. The number of sulfonamides is 1. The van der Waals surface area contributed by atoms with Crippen molar-refractivity contribution in [3.63, 3.8) is 0 Å². The van der Waals surface area contributed by atoms with Crippen molar-refractivity contribution in [3.05, 3.63) is 85.3 Å². The molecule has 0 atom stereocenters. The van der Waals surface area contributed by atoms with Crippen molar-refractivity contribution >= 4 is 15.7 Å². The second kappa shape index (κ2) is 11.3. The van der Waals surface area contributed by atoms with Crippen LogP contribution in [0.15, 0.2) is 90.2 Å². The Balaban J connectivity index is 1.62. The van der Waals surface area contributed by atoms with Crippen molar-refractivity contribution in [2.75, 3.05) is 34.3 Å². The van der Waals surface area contributed by atoms with E-state index < -0.39 is 10.0 Å². The Morgan fingerprint density at radius 1 is 0.923 bits per heavy atom. The Morgan fingerprint density at radius 2 is 1.69 bits per heavy atom. The number of hydrogen-bond donors (Lipinski definition) is 1. The highest BCUT2D eigenvalue weighted by Gasteiger charge is 2.21. The first kappa shape index (κ1) is 26.5. The molecular formula is C29H30N6O3S. The van der Waals surface area contributed by atoms with Gasteiger partial charge in [-0.1, -0.05) is 24.3 Å². The van der Waals surface area contributed by atoms with E-state index in [9.17, 15) is 8.42 Å². The lowest BCUT2D eigenvalue weighted by Gasteiger charge is -2.11. The molecular weight excluding hydrogens is 512 g/mol. The van der Waals surface area contributed by atoms with E-state index in [1.54, 1.807) is 48.4 Å². The normalized spacial score (nSPS) is 11.8. The van der Waals surface area contributed by atoms with Crippen molar-refractivity contribution in [1.82, 2.24) is 29.2 Å². The van der Waals surface area contributed by atoms with Crippen LogP contribution in [0.2, 0.25) is 0 Å². The number of methoxy groups -OCH3 is 1. The van der Waals surface area contributed by atoms with E-state index in [-0.39, 0.29) is 4.90 Å². The topological polar surface area (TPSA) is 102 Å². The van der Waals surface area contributed by atoms with Gasteiger partial charge in [0.1, 0.15) is 11.4 Å². The molecule has 0 saturated heterocycles. The van der Waals surface area contributed by atoms with Crippen LogP contribution in [0.25, 0.3) is 39.3 Å². The molecule has 0 saturated carbocycles. The Morgan fingerprint density at radius 3 is 2.46 bits per heavy atom. The van der Waals surface area contributed by atoms with Gasteiger partial charge in [0.25, 0.3) is 0 Å². The number of pyridine rings is 1. The Kier molecular flexibility index (Phi) is 7.69. The Labute approximate surface area is 228 Å². The molecule has 0 aliphatic rings. The van der Waals surface area contributed by atoms with Gasteiger partial charge in [0, 0.05) is 36.3 Å². The van der Waals surface area contributed by atoms with Crippen LogP contribution in [0.3, 0.4) is 0 Å². The van der Waals surface area contributed by atoms with Crippen LogP contribution in [0, 0.1) is 0 Å². The van der Waals surface area contributed by atoms with Crippen molar-refractivity contribution in [2.45, 2.75) is 11.3 Å². The van der Waals surface area contributed by atoms with Crippen LogP contribution in [0.1, 0.15) is 6.42 Å². The molecule has 0 spiro atoms. The molecule has 5 aromatic rings. The smallest absolute Gasteiger partial charge is 0.240 e. The molecule has 0 fully saturated rings. The highest BCUT2D eigenvalue weighted by atomic mass is 32.2. The lowest BCUT2D eigenvalue weighted by Crippen LogP contribution is -2.27. The molecule has 39 heavy (non-hydrogen) atoms. The Hall–Kier alpha value is -4.12. The van der Waals surface area contributed by atoms with E-state index in [4.69, 9.17) is 14.8 Å². The van der Waals surface area contributed by atoms with Crippen molar-refractivity contribution < 1.29 is 13.2 Å². The van der Waals surface area contributed by atoms with Crippen LogP contribution >= 0.6 is 0 Å². The molecule has 0 bridgehead atoms. The van der Waals surface area contributed by atoms with E-state index in [0.717, 1.165) is 41.1 Å². The van der Waals surface area contributed by atoms with Crippen molar-refractivity contribution in [3.8, 4) is 39.4 Å². The third-order valence-electron chi connectivity index (χ3n) is 6.34. The molecule has 0 amide bonds. The first-order valence-corrected chi connectivity index (χ1v) is 14.0. The highest BCUT2D eigenvalue weighted by molar-refractivity contribution is 7.89. The van der Waals surface area contributed by atoms with Gasteiger partial charge in [-0.05, 0) is 75.1 Å². The summed E-state index contributed by atoms with van der Waals surface area (Å²) < 4.78 is 36.0. The third kappa shape index (κ3) is 5.68. The zero-order valence-electron chi connectivity index (χ0n) is 22.1. The summed E-state index contributed by atoms with van der Waals surface area (Å²) in [5, 5.41) is 4.98. The fourth-order valence-corrected chi connectivity index (χ4v) is 5.55. The fourth-order valence-electron chi connectivity index (χ4n) is 4.43. The molecule has 3 heterocycles. The standard InChI is InChI=1S/C29H30N6O3S/c1-34(2)18-6-14-32-39(36,37)25-10-5-7-22(20-25)26-13-17-31-29-27(23-8-4-9-24(19-23)38-3)28(33-35(26)29)21-11-15-30-16-12-21/h4-5,7-13,15-17,19-20,32H,6,14,18H2,1-3H3. The number of rotatable bonds is 10. The zero-order valence-corrected chi connectivity index (χ0v) is 22.9. The number of aromatic nitrogens is 4. The predicted molar refractivity (Wildman–Crippen MR) is 152 cm³/mol. The second-order valence-corrected chi connectivity index (χ2v) is 11.1. The van der Waals surface area contributed by atoms with Gasteiger partial charge in [-0.2, -0.15) is 5.10 Å². The largest absolute Gasteiger partial charge is 0.497 e. The molecule has 0 unspecified atom stereocenters. The molecule has 1 N–H and O–H groups in total. The summed E-state index contributed by atoms with van der Waals surface area (Å²) in [5.41, 5.74) is 5.43. The van der Waals surface area contributed by atoms with E-state index in [1.807, 2.05) is 67.5 Å². The number of benzene rings is 2. The average molecular weight is 543 g/mol. The van der Waals surface area contributed by atoms with Gasteiger partial charge in [-0.3, -0.25) is 4.98 Å². The summed E-state index contributed by atoms with van der Waals surface area (Å²) in [6.07, 6.45) is 5.88. The minimum atomic E-state index is -3.67. The van der Waals surface area contributed by atoms with Gasteiger partial charge in [0.05, 0.1) is 23.3 Å². The van der Waals surface area contributed by atoms with Gasteiger partial charge in [-0.15, -0.1) is 0 Å². The molecule has 0 aliphatic carbocycles. The van der Waals surface area contributed by atoms with Crippen LogP contribution in [-0.2, 0) is 10.0 Å². The van der Waals surface area contributed by atoms with E-state index >= 15 is 0 Å². The maximum absolute atomic E-state index is 13.0. The molecule has 2 aromatic carbocycles. The first-order valence-electron chi connectivity index (χ1n) is 12.5. The monoisotopic (exact) mass is 542 g/mol. The quantitative estimate of drug-likeness (QED) is 0.262. The van der Waals surface area contributed by atoms with Gasteiger partial charge in [0.2, 0.25) is 10.0 Å². The van der Waals surface area contributed by atoms with E-state index in [2.05, 4.69) is 9.71 Å². The lowest BCUT2D eigenvalue weighted by atomic mass is 10.0. The van der Waals surface area contributed by atoms with Crippen LogP contribution in [0.4, 0.5) is 0 Å². The van der Waals surface area contributed by atoms with Gasteiger partial charge in [0.15, 0.2) is 5.65 Å². The van der Waals surface area contributed by atoms with E-state index in [1.165, 1.54) is 0 Å². The summed E-state index contributed by atoms with van der Waals surface area (Å²) in [6, 6.07) is 20.3. The summed E-state index contributed by atoms with van der Waals surface area (Å²) in [5.74, 6) is 0.722. The number of nitrogens with zero attached hydrogens (tertiary/aromatic N) is 5. The number of nitrogens with one attached hydrogen (secondary N) is 1. The molecule has 9 nitrogen and oxygen atoms in total. The number of hydrogen-bond acceptors (Lipinski definition) is 7. The summed E-state index contributed by atoms with van der Waals surface area (Å²) in [4.78, 5) is 11.1. The van der Waals surface area contributed by atoms with Crippen LogP contribution < -0.4 is 9.46 Å². The van der Waals surface area contributed by atoms with Crippen LogP contribution in [-0.4, -0.2) is 67.2 Å². The van der Waals surface area contributed by atoms with Crippen molar-refractivity contribution in [2.24, 2.45) is 0 Å². The van der Waals surface area contributed by atoms with Crippen molar-refractivity contribution in [1.29, 1.82) is 0 Å². The summed E-state index contributed by atoms with van der Waals surface area (Å²) in [7, 11) is 1.88. The zero-order chi connectivity index (χ0) is 27.4. The molecule has 0 aliphatic heterocycles. The minimum Gasteiger partial charge on any atom is -0.497 e. The molecule has 10 heteroatoms. The summed E-state index contributed by atoms with van der Waals surface area (Å²) >= 11 is 0. The SMILES string of the molecule is COc1cccc(-c2c(-c3ccncc3)nn3c(-c4cccc(S(=O)(=O)NCCCN(C)C)c4)ccnc23)c1. The molecule has 0 radical (unpaired) electrons. The molecule has 3 aromatic heterocycles. The summed E-state index contributed by atoms with van der Waals surface area (Å²) in [6.45, 7) is 1.16. The van der Waals surface area contributed by atoms with Crippen LogP contribution in [0.5, 0.6) is 5.75 Å². The Bertz CT molecular complexity index is 1700. The number of fused-ring (bicyclic) bond motifs is 1. The fraction of sp³-hybridized carbons (Fsp3) is 0.207. The maximum atomic E-state index is 13.0. The van der Waals surface area contributed by atoms with Gasteiger partial charge < -0.3 is 9.64 Å². The first-order chi connectivity index (χ1) is 18.9. The third-order valence-corrected chi connectivity index (χ3v) is 7.80.